The first-order chi connectivity index (χ1) is 9.26. The number of aromatic nitrogens is 1. The maximum Gasteiger partial charge on any atom is 0.182 e. The molecule has 0 amide bonds. The van der Waals surface area contributed by atoms with E-state index in [9.17, 15) is 4.79 Å². The summed E-state index contributed by atoms with van der Waals surface area (Å²) in [6.07, 6.45) is 0.949. The molecule has 1 heterocycles. The summed E-state index contributed by atoms with van der Waals surface area (Å²) in [5.74, 6) is 1.24. The summed E-state index contributed by atoms with van der Waals surface area (Å²) in [7, 11) is 0. The zero-order valence-electron chi connectivity index (χ0n) is 10.6. The first kappa shape index (κ1) is 11.7. The second-order valence-electron chi connectivity index (χ2n) is 4.32. The lowest BCUT2D eigenvalue weighted by Gasteiger charge is -2.08. The van der Waals surface area contributed by atoms with Gasteiger partial charge < -0.3 is 9.15 Å². The highest BCUT2D eigenvalue weighted by Crippen LogP contribution is 2.26. The van der Waals surface area contributed by atoms with Crippen LogP contribution in [0.4, 0.5) is 0 Å². The predicted octanol–water partition coefficient (Wildman–Crippen LogP) is 3.08. The molecule has 0 fully saturated rings. The third kappa shape index (κ3) is 2.29. The van der Waals surface area contributed by atoms with Gasteiger partial charge in [-0.05, 0) is 30.7 Å². The Morgan fingerprint density at radius 3 is 2.95 bits per heavy atom. The van der Waals surface area contributed by atoms with Crippen LogP contribution in [0.5, 0.6) is 5.75 Å². The zero-order chi connectivity index (χ0) is 13.2. The Labute approximate surface area is 110 Å². The highest BCUT2D eigenvalue weighted by atomic mass is 16.5. The summed E-state index contributed by atoms with van der Waals surface area (Å²) in [4.78, 5) is 15.8. The predicted molar refractivity (Wildman–Crippen MR) is 72.7 cm³/mol. The van der Waals surface area contributed by atoms with E-state index in [4.69, 9.17) is 9.15 Å². The fraction of sp³-hybridized carbons (Fsp3) is 0.200. The second-order valence-corrected chi connectivity index (χ2v) is 4.32. The highest BCUT2D eigenvalue weighted by molar-refractivity contribution is 5.77. The van der Waals surface area contributed by atoms with E-state index < -0.39 is 0 Å². The third-order valence-electron chi connectivity index (χ3n) is 2.80. The van der Waals surface area contributed by atoms with Gasteiger partial charge in [0.05, 0.1) is 6.61 Å². The number of hydrogen-bond acceptors (Lipinski definition) is 4. The summed E-state index contributed by atoms with van der Waals surface area (Å²) in [5.41, 5.74) is 1.95. The van der Waals surface area contributed by atoms with Crippen molar-refractivity contribution in [2.75, 3.05) is 6.61 Å². The molecule has 96 valence electrons. The van der Waals surface area contributed by atoms with Crippen LogP contribution in [0.25, 0.3) is 22.6 Å². The van der Waals surface area contributed by atoms with Crippen molar-refractivity contribution in [3.63, 3.8) is 0 Å². The number of benzene rings is 2. The van der Waals surface area contributed by atoms with Crippen molar-refractivity contribution in [2.45, 2.75) is 13.3 Å². The van der Waals surface area contributed by atoms with Gasteiger partial charge in [0.25, 0.3) is 0 Å². The van der Waals surface area contributed by atoms with E-state index in [1.807, 2.05) is 12.1 Å². The Bertz CT molecular complexity index is 748. The molecule has 0 unspecified atom stereocenters. The van der Waals surface area contributed by atoms with E-state index in [2.05, 4.69) is 11.9 Å². The molecule has 0 radical (unpaired) electrons. The maximum atomic E-state index is 11.3. The van der Waals surface area contributed by atoms with Crippen LogP contribution in [0.3, 0.4) is 0 Å². The fourth-order valence-corrected chi connectivity index (χ4v) is 1.90. The van der Waals surface area contributed by atoms with E-state index in [1.54, 1.807) is 12.1 Å². The van der Waals surface area contributed by atoms with Crippen molar-refractivity contribution in [3.05, 3.63) is 46.6 Å². The molecule has 3 rings (SSSR count). The van der Waals surface area contributed by atoms with Gasteiger partial charge >= 0.3 is 0 Å². The Morgan fingerprint density at radius 1 is 1.21 bits per heavy atom. The highest BCUT2D eigenvalue weighted by Gasteiger charge is 2.09. The number of nitrogens with zero attached hydrogens (tertiary/aromatic N) is 1. The summed E-state index contributed by atoms with van der Waals surface area (Å²) < 4.78 is 11.3. The molecule has 1 aliphatic carbocycles. The standard InChI is InChI=1S/C15H13NO3/c1-2-7-18-11-4-6-13-15(9-11)19-14-8-10(17)3-5-12(14)16-13/h3-6,8-9H,2,7H2,1H3. The smallest absolute Gasteiger partial charge is 0.182 e. The number of fused-ring (bicyclic) bond motifs is 2. The topological polar surface area (TPSA) is 52.3 Å². The summed E-state index contributed by atoms with van der Waals surface area (Å²) >= 11 is 0. The number of ether oxygens (including phenoxy) is 1. The molecule has 2 aliphatic rings. The lowest BCUT2D eigenvalue weighted by Crippen LogP contribution is -1.99. The van der Waals surface area contributed by atoms with Crippen LogP contribution in [-0.4, -0.2) is 11.6 Å². The molecule has 0 bridgehead atoms. The Kier molecular flexibility index (Phi) is 2.91. The average Bonchev–Trinajstić information content (AvgIpc) is 2.42. The van der Waals surface area contributed by atoms with Gasteiger partial charge in [-0.2, -0.15) is 0 Å². The van der Waals surface area contributed by atoms with Crippen molar-refractivity contribution >= 4 is 11.1 Å². The molecular weight excluding hydrogens is 242 g/mol. The minimum absolute atomic E-state index is 0.0872. The van der Waals surface area contributed by atoms with Crippen LogP contribution >= 0.6 is 0 Å². The summed E-state index contributed by atoms with van der Waals surface area (Å²) in [5, 5.41) is 0. The van der Waals surface area contributed by atoms with Crippen LogP contribution < -0.4 is 10.2 Å². The quantitative estimate of drug-likeness (QED) is 0.675. The van der Waals surface area contributed by atoms with Gasteiger partial charge in [-0.25, -0.2) is 4.98 Å². The first-order valence-corrected chi connectivity index (χ1v) is 6.24. The Balaban J connectivity index is 2.14. The Morgan fingerprint density at radius 2 is 2.11 bits per heavy atom. The number of hydrogen-bond donors (Lipinski definition) is 0. The van der Waals surface area contributed by atoms with Gasteiger partial charge in [-0.3, -0.25) is 4.79 Å². The van der Waals surface area contributed by atoms with Gasteiger partial charge in [0, 0.05) is 12.1 Å². The molecule has 19 heavy (non-hydrogen) atoms. The molecule has 0 N–H and O–H groups in total. The largest absolute Gasteiger partial charge is 0.493 e. The van der Waals surface area contributed by atoms with E-state index >= 15 is 0 Å². The number of rotatable bonds is 3. The van der Waals surface area contributed by atoms with Crippen LogP contribution in [0.1, 0.15) is 13.3 Å². The molecule has 0 saturated carbocycles. The van der Waals surface area contributed by atoms with Crippen molar-refractivity contribution in [3.8, 4) is 17.2 Å². The first-order valence-electron chi connectivity index (χ1n) is 6.24. The van der Waals surface area contributed by atoms with Gasteiger partial charge in [0.15, 0.2) is 16.8 Å². The van der Waals surface area contributed by atoms with E-state index in [-0.39, 0.29) is 5.43 Å². The maximum absolute atomic E-state index is 11.3. The molecule has 0 aromatic heterocycles. The minimum atomic E-state index is -0.0872. The summed E-state index contributed by atoms with van der Waals surface area (Å²) in [6, 6.07) is 10.1. The van der Waals surface area contributed by atoms with Crippen LogP contribution in [0.2, 0.25) is 0 Å². The lowest BCUT2D eigenvalue weighted by molar-refractivity contribution is 0.317. The molecule has 0 atom stereocenters. The fourth-order valence-electron chi connectivity index (χ4n) is 1.90. The van der Waals surface area contributed by atoms with Crippen molar-refractivity contribution in [1.29, 1.82) is 0 Å². The minimum Gasteiger partial charge on any atom is -0.493 e. The van der Waals surface area contributed by atoms with Gasteiger partial charge in [0.1, 0.15) is 17.0 Å². The molecule has 4 heteroatoms. The molecule has 0 spiro atoms. The zero-order valence-corrected chi connectivity index (χ0v) is 10.6. The SMILES string of the molecule is CCCOc1ccc2nc3ccc(=O)cc-3oc2c1. The summed E-state index contributed by atoms with van der Waals surface area (Å²) in [6.45, 7) is 2.72. The van der Waals surface area contributed by atoms with Gasteiger partial charge in [-0.1, -0.05) is 6.92 Å². The second kappa shape index (κ2) is 4.72. The van der Waals surface area contributed by atoms with E-state index in [0.717, 1.165) is 17.7 Å². The van der Waals surface area contributed by atoms with Crippen LogP contribution in [0, 0.1) is 0 Å². The van der Waals surface area contributed by atoms with Gasteiger partial charge in [-0.15, -0.1) is 0 Å². The van der Waals surface area contributed by atoms with Crippen LogP contribution in [-0.2, 0) is 0 Å². The molecule has 1 aromatic carbocycles. The molecule has 1 aromatic rings. The lowest BCUT2D eigenvalue weighted by atomic mass is 10.2. The molecular formula is C15H13NO3. The monoisotopic (exact) mass is 255 g/mol. The molecule has 0 saturated heterocycles. The van der Waals surface area contributed by atoms with E-state index in [0.29, 0.717) is 23.6 Å². The van der Waals surface area contributed by atoms with E-state index in [1.165, 1.54) is 12.1 Å². The van der Waals surface area contributed by atoms with Crippen molar-refractivity contribution in [2.24, 2.45) is 0 Å². The average molecular weight is 255 g/mol. The van der Waals surface area contributed by atoms with Gasteiger partial charge in [0.2, 0.25) is 0 Å². The Hall–Kier alpha value is -2.36. The van der Waals surface area contributed by atoms with Crippen molar-refractivity contribution in [1.82, 2.24) is 4.98 Å². The molecule has 1 aliphatic heterocycles. The third-order valence-corrected chi connectivity index (χ3v) is 2.80. The molecule has 4 nitrogen and oxygen atoms in total. The van der Waals surface area contributed by atoms with Crippen molar-refractivity contribution < 1.29 is 9.15 Å². The van der Waals surface area contributed by atoms with Crippen LogP contribution in [0.15, 0.2) is 45.6 Å². The normalized spacial score (nSPS) is 11.0.